The van der Waals surface area contributed by atoms with Gasteiger partial charge in [0.05, 0.1) is 37.1 Å². The molecule has 0 unspecified atom stereocenters. The maximum atomic E-state index is 14.9. The first-order chi connectivity index (χ1) is 17.7. The molecule has 0 spiro atoms. The third kappa shape index (κ3) is 4.75. The largest absolute Gasteiger partial charge is 0.495 e. The minimum Gasteiger partial charge on any atom is -0.495 e. The maximum absolute atomic E-state index is 14.9. The molecule has 5 rings (SSSR count). The van der Waals surface area contributed by atoms with Crippen molar-refractivity contribution in [1.29, 1.82) is 0 Å². The number of hydrogen-bond acceptors (Lipinski definition) is 8. The molecule has 1 saturated heterocycles. The standard InChI is InChI=1S/C24H28F3N7O3/c1-33-18-11-29-23(32-20(18)34(14-5-3-4-6-14)12-24(26,27)22(33)36)31-17-8-16(25)15(7-19(17)37-2)21(35)30-13-9-28-10-13/h7-8,11,13-14,28H,3-6,9-10,12H2,1-2H3,(H,30,35)(H,29,31,32). The van der Waals surface area contributed by atoms with Crippen molar-refractivity contribution in [2.24, 2.45) is 0 Å². The quantitative estimate of drug-likeness (QED) is 0.534. The van der Waals surface area contributed by atoms with Crippen molar-refractivity contribution >= 4 is 35.0 Å². The maximum Gasteiger partial charge on any atom is 0.342 e. The van der Waals surface area contributed by atoms with Crippen molar-refractivity contribution in [2.45, 2.75) is 43.7 Å². The van der Waals surface area contributed by atoms with Gasteiger partial charge in [-0.25, -0.2) is 9.37 Å². The average molecular weight is 520 g/mol. The van der Waals surface area contributed by atoms with Gasteiger partial charge < -0.3 is 30.5 Å². The fourth-order valence-corrected chi connectivity index (χ4v) is 4.87. The van der Waals surface area contributed by atoms with Crippen LogP contribution >= 0.6 is 0 Å². The Balaban J connectivity index is 1.47. The van der Waals surface area contributed by atoms with Gasteiger partial charge in [0, 0.05) is 32.2 Å². The van der Waals surface area contributed by atoms with Gasteiger partial charge in [0.2, 0.25) is 5.95 Å². The van der Waals surface area contributed by atoms with Crippen molar-refractivity contribution in [2.75, 3.05) is 48.9 Å². The molecule has 0 atom stereocenters. The number of hydrogen-bond donors (Lipinski definition) is 3. The Morgan fingerprint density at radius 2 is 1.97 bits per heavy atom. The van der Waals surface area contributed by atoms with Crippen molar-refractivity contribution in [3.8, 4) is 5.75 Å². The highest BCUT2D eigenvalue weighted by atomic mass is 19.3. The molecule has 3 aliphatic rings. The average Bonchev–Trinajstić information content (AvgIpc) is 3.36. The fraction of sp³-hybridized carbons (Fsp3) is 0.500. The van der Waals surface area contributed by atoms with Crippen molar-refractivity contribution < 1.29 is 27.5 Å². The smallest absolute Gasteiger partial charge is 0.342 e. The predicted molar refractivity (Wildman–Crippen MR) is 130 cm³/mol. The van der Waals surface area contributed by atoms with Gasteiger partial charge >= 0.3 is 5.92 Å². The molecule has 2 fully saturated rings. The molecule has 1 saturated carbocycles. The minimum absolute atomic E-state index is 0.00301. The Kier molecular flexibility index (Phi) is 6.56. The van der Waals surface area contributed by atoms with Crippen LogP contribution in [0.1, 0.15) is 36.0 Å². The molecule has 198 valence electrons. The van der Waals surface area contributed by atoms with Gasteiger partial charge in [-0.3, -0.25) is 9.59 Å². The zero-order valence-corrected chi connectivity index (χ0v) is 20.5. The summed E-state index contributed by atoms with van der Waals surface area (Å²) < 4.78 is 49.8. The summed E-state index contributed by atoms with van der Waals surface area (Å²) in [6.07, 6.45) is 4.51. The number of alkyl halides is 2. The summed E-state index contributed by atoms with van der Waals surface area (Å²) in [5.41, 5.74) is 0.139. The lowest BCUT2D eigenvalue weighted by Gasteiger charge is -2.31. The zero-order valence-electron chi connectivity index (χ0n) is 20.5. The van der Waals surface area contributed by atoms with Crippen LogP contribution in [0.15, 0.2) is 18.3 Å². The van der Waals surface area contributed by atoms with Crippen molar-refractivity contribution in [3.63, 3.8) is 0 Å². The van der Waals surface area contributed by atoms with Gasteiger partial charge in [-0.05, 0) is 18.9 Å². The first-order valence-electron chi connectivity index (χ1n) is 12.1. The van der Waals surface area contributed by atoms with Crippen LogP contribution in [0.25, 0.3) is 0 Å². The third-order valence-electron chi connectivity index (χ3n) is 7.03. The summed E-state index contributed by atoms with van der Waals surface area (Å²) in [5.74, 6) is -5.89. The molecule has 3 heterocycles. The number of carbonyl (C=O) groups is 2. The van der Waals surface area contributed by atoms with E-state index in [0.29, 0.717) is 25.9 Å². The molecule has 1 aliphatic carbocycles. The van der Waals surface area contributed by atoms with Crippen LogP contribution in [0.3, 0.4) is 0 Å². The highest BCUT2D eigenvalue weighted by molar-refractivity contribution is 6.02. The second-order valence-electron chi connectivity index (χ2n) is 9.52. The summed E-state index contributed by atoms with van der Waals surface area (Å²) in [6, 6.07) is 2.12. The lowest BCUT2D eigenvalue weighted by Crippen LogP contribution is -2.57. The molecule has 1 aromatic carbocycles. The van der Waals surface area contributed by atoms with Crippen LogP contribution < -0.4 is 30.5 Å². The summed E-state index contributed by atoms with van der Waals surface area (Å²) >= 11 is 0. The number of halogens is 3. The number of ether oxygens (including phenoxy) is 1. The molecular formula is C24H28F3N7O3. The first-order valence-corrected chi connectivity index (χ1v) is 12.1. The van der Waals surface area contributed by atoms with Crippen molar-refractivity contribution in [3.05, 3.63) is 29.7 Å². The van der Waals surface area contributed by atoms with E-state index in [2.05, 4.69) is 25.9 Å². The van der Waals surface area contributed by atoms with Crippen molar-refractivity contribution in [1.82, 2.24) is 20.6 Å². The summed E-state index contributed by atoms with van der Waals surface area (Å²) in [6.45, 7) is 0.442. The van der Waals surface area contributed by atoms with E-state index in [-0.39, 0.29) is 46.5 Å². The number of rotatable bonds is 6. The van der Waals surface area contributed by atoms with Crippen LogP contribution in [0.5, 0.6) is 5.75 Å². The van der Waals surface area contributed by atoms with E-state index < -0.39 is 30.1 Å². The second-order valence-corrected chi connectivity index (χ2v) is 9.52. The molecule has 2 aliphatic heterocycles. The third-order valence-corrected chi connectivity index (χ3v) is 7.03. The molecule has 3 N–H and O–H groups in total. The molecule has 13 heteroatoms. The van der Waals surface area contributed by atoms with E-state index >= 15 is 0 Å². The van der Waals surface area contributed by atoms with Crippen LogP contribution in [0.2, 0.25) is 0 Å². The highest BCUT2D eigenvalue weighted by Gasteiger charge is 2.48. The van der Waals surface area contributed by atoms with Crippen LogP contribution in [-0.4, -0.2) is 73.6 Å². The number of methoxy groups -OCH3 is 1. The number of nitrogens with one attached hydrogen (secondary N) is 3. The number of carbonyl (C=O) groups excluding carboxylic acids is 2. The SMILES string of the molecule is COc1cc(C(=O)NC2CNC2)c(F)cc1Nc1ncc2c(n1)N(C1CCCC1)CC(F)(F)C(=O)N2C. The van der Waals surface area contributed by atoms with E-state index in [1.165, 1.54) is 31.3 Å². The van der Waals surface area contributed by atoms with E-state index in [1.54, 1.807) is 0 Å². The lowest BCUT2D eigenvalue weighted by atomic mass is 10.1. The zero-order chi connectivity index (χ0) is 26.3. The number of anilines is 4. The molecule has 37 heavy (non-hydrogen) atoms. The van der Waals surface area contributed by atoms with E-state index in [9.17, 15) is 22.8 Å². The minimum atomic E-state index is -3.59. The molecule has 2 aromatic rings. The second kappa shape index (κ2) is 9.69. The van der Waals surface area contributed by atoms with Gasteiger partial charge in [-0.1, -0.05) is 12.8 Å². The number of amides is 2. The van der Waals surface area contributed by atoms with E-state index in [4.69, 9.17) is 4.74 Å². The number of aromatic nitrogens is 2. The molecular weight excluding hydrogens is 491 g/mol. The van der Waals surface area contributed by atoms with Crippen LogP contribution in [0, 0.1) is 5.82 Å². The monoisotopic (exact) mass is 519 g/mol. The highest BCUT2D eigenvalue weighted by Crippen LogP contribution is 2.40. The Morgan fingerprint density at radius 3 is 2.62 bits per heavy atom. The first kappa shape index (κ1) is 25.1. The molecule has 10 nitrogen and oxygen atoms in total. The topological polar surface area (TPSA) is 112 Å². The van der Waals surface area contributed by atoms with Gasteiger partial charge in [0.15, 0.2) is 5.82 Å². The molecule has 1 aromatic heterocycles. The van der Waals surface area contributed by atoms with Gasteiger partial charge in [-0.2, -0.15) is 13.8 Å². The van der Waals surface area contributed by atoms with Gasteiger partial charge in [0.1, 0.15) is 17.3 Å². The Hall–Kier alpha value is -3.61. The Bertz CT molecular complexity index is 1220. The molecule has 0 bridgehead atoms. The molecule has 2 amide bonds. The summed E-state index contributed by atoms with van der Waals surface area (Å²) in [4.78, 5) is 36.0. The van der Waals surface area contributed by atoms with E-state index in [1.807, 2.05) is 0 Å². The predicted octanol–water partition coefficient (Wildman–Crippen LogP) is 2.43. The normalized spacial score (nSPS) is 19.8. The Labute approximate surface area is 211 Å². The summed E-state index contributed by atoms with van der Waals surface area (Å²) in [5, 5.41) is 8.64. The Morgan fingerprint density at radius 1 is 1.24 bits per heavy atom. The fourth-order valence-electron chi connectivity index (χ4n) is 4.87. The van der Waals surface area contributed by atoms with Crippen LogP contribution in [-0.2, 0) is 4.79 Å². The van der Waals surface area contributed by atoms with Crippen LogP contribution in [0.4, 0.5) is 36.3 Å². The number of fused-ring (bicyclic) bond motifs is 1. The van der Waals surface area contributed by atoms with E-state index in [0.717, 1.165) is 23.8 Å². The van der Waals surface area contributed by atoms with Gasteiger partial charge in [0.25, 0.3) is 11.8 Å². The summed E-state index contributed by atoms with van der Waals surface area (Å²) in [7, 11) is 2.64. The number of nitrogens with zero attached hydrogens (tertiary/aromatic N) is 4. The van der Waals surface area contributed by atoms with Gasteiger partial charge in [-0.15, -0.1) is 0 Å². The molecule has 0 radical (unpaired) electrons. The number of benzene rings is 1. The lowest BCUT2D eigenvalue weighted by molar-refractivity contribution is -0.140.